The number of aliphatic hydroxyl groups is 2. The first kappa shape index (κ1) is 22.4. The van der Waals surface area contributed by atoms with Gasteiger partial charge in [0.1, 0.15) is 0 Å². The highest BCUT2D eigenvalue weighted by molar-refractivity contribution is 5.85. The van der Waals surface area contributed by atoms with Crippen molar-refractivity contribution >= 4 is 12.4 Å². The number of aryl methyl sites for hydroxylation is 2. The molecule has 23 heavy (non-hydrogen) atoms. The Morgan fingerprint density at radius 2 is 1.30 bits per heavy atom. The van der Waals surface area contributed by atoms with E-state index in [0.29, 0.717) is 6.42 Å². The molecule has 4 heteroatoms. The van der Waals surface area contributed by atoms with Gasteiger partial charge in [0, 0.05) is 0 Å². The van der Waals surface area contributed by atoms with Crippen molar-refractivity contribution in [2.75, 3.05) is 13.2 Å². The summed E-state index contributed by atoms with van der Waals surface area (Å²) in [5.74, 6) is 0. The molecular formula is C19H34ClNO2. The molecule has 0 amide bonds. The van der Waals surface area contributed by atoms with Gasteiger partial charge < -0.3 is 15.9 Å². The van der Waals surface area contributed by atoms with Crippen molar-refractivity contribution in [3.63, 3.8) is 0 Å². The topological polar surface area (TPSA) is 66.5 Å². The van der Waals surface area contributed by atoms with Gasteiger partial charge in [0.2, 0.25) is 0 Å². The van der Waals surface area contributed by atoms with Crippen molar-refractivity contribution in [1.82, 2.24) is 0 Å². The summed E-state index contributed by atoms with van der Waals surface area (Å²) in [7, 11) is 0. The summed E-state index contributed by atoms with van der Waals surface area (Å²) in [4.78, 5) is 0. The summed E-state index contributed by atoms with van der Waals surface area (Å²) >= 11 is 0. The van der Waals surface area contributed by atoms with Crippen LogP contribution in [0.5, 0.6) is 0 Å². The third-order valence-corrected chi connectivity index (χ3v) is 4.36. The van der Waals surface area contributed by atoms with Crippen LogP contribution >= 0.6 is 12.4 Å². The highest BCUT2D eigenvalue weighted by Gasteiger charge is 2.21. The zero-order valence-electron chi connectivity index (χ0n) is 14.5. The lowest BCUT2D eigenvalue weighted by Crippen LogP contribution is -2.47. The molecule has 0 radical (unpaired) electrons. The minimum absolute atomic E-state index is 0. The van der Waals surface area contributed by atoms with Crippen molar-refractivity contribution in [2.45, 2.75) is 70.3 Å². The molecule has 0 atom stereocenters. The fourth-order valence-electron chi connectivity index (χ4n) is 2.66. The fraction of sp³-hybridized carbons (Fsp3) is 0.684. The number of hydrogen-bond acceptors (Lipinski definition) is 3. The Kier molecular flexibility index (Phi) is 12.4. The van der Waals surface area contributed by atoms with E-state index in [2.05, 4.69) is 31.2 Å². The van der Waals surface area contributed by atoms with Gasteiger partial charge in [-0.05, 0) is 43.2 Å². The maximum absolute atomic E-state index is 9.17. The van der Waals surface area contributed by atoms with Crippen LogP contribution < -0.4 is 5.73 Å². The van der Waals surface area contributed by atoms with E-state index in [1.165, 1.54) is 49.7 Å². The zero-order valence-corrected chi connectivity index (χ0v) is 15.3. The summed E-state index contributed by atoms with van der Waals surface area (Å²) in [6.07, 6.45) is 10.2. The third kappa shape index (κ3) is 9.31. The molecule has 134 valence electrons. The van der Waals surface area contributed by atoms with E-state index in [-0.39, 0.29) is 25.6 Å². The summed E-state index contributed by atoms with van der Waals surface area (Å²) < 4.78 is 0. The molecule has 0 spiro atoms. The summed E-state index contributed by atoms with van der Waals surface area (Å²) in [6, 6.07) is 8.83. The van der Waals surface area contributed by atoms with Crippen LogP contribution in [0, 0.1) is 0 Å². The molecule has 0 saturated heterocycles. The maximum atomic E-state index is 9.17. The van der Waals surface area contributed by atoms with Crippen molar-refractivity contribution in [3.05, 3.63) is 35.4 Å². The molecule has 0 aliphatic heterocycles. The predicted molar refractivity (Wildman–Crippen MR) is 100 cm³/mol. The first-order valence-corrected chi connectivity index (χ1v) is 8.72. The van der Waals surface area contributed by atoms with Gasteiger partial charge in [-0.3, -0.25) is 0 Å². The normalized spacial score (nSPS) is 11.3. The molecule has 3 nitrogen and oxygen atoms in total. The van der Waals surface area contributed by atoms with Crippen molar-refractivity contribution in [3.8, 4) is 0 Å². The van der Waals surface area contributed by atoms with E-state index in [4.69, 9.17) is 5.73 Å². The van der Waals surface area contributed by atoms with Crippen LogP contribution in [0.2, 0.25) is 0 Å². The molecule has 0 aliphatic rings. The number of hydrogen-bond donors (Lipinski definition) is 3. The number of benzene rings is 1. The fourth-order valence-corrected chi connectivity index (χ4v) is 2.66. The molecule has 4 N–H and O–H groups in total. The number of aliphatic hydroxyl groups excluding tert-OH is 2. The summed E-state index contributed by atoms with van der Waals surface area (Å²) in [5, 5.41) is 18.3. The number of halogens is 1. The van der Waals surface area contributed by atoms with Gasteiger partial charge in [-0.2, -0.15) is 0 Å². The molecule has 1 aromatic rings. The van der Waals surface area contributed by atoms with Crippen LogP contribution in [0.1, 0.15) is 63.0 Å². The molecule has 0 heterocycles. The Balaban J connectivity index is 0.00000484. The average molecular weight is 344 g/mol. The molecule has 0 bridgehead atoms. The lowest BCUT2D eigenvalue weighted by Gasteiger charge is -2.24. The Morgan fingerprint density at radius 3 is 1.78 bits per heavy atom. The Hall–Kier alpha value is -0.610. The SMILES string of the molecule is CCCCCCCc1ccc(CCCC(N)(CO)CO)cc1.Cl. The van der Waals surface area contributed by atoms with E-state index in [9.17, 15) is 10.2 Å². The molecule has 1 rings (SSSR count). The molecule has 0 aliphatic carbocycles. The number of rotatable bonds is 12. The lowest BCUT2D eigenvalue weighted by molar-refractivity contribution is 0.113. The molecule has 0 aromatic heterocycles. The van der Waals surface area contributed by atoms with Gasteiger partial charge in [0.15, 0.2) is 0 Å². The number of nitrogens with two attached hydrogens (primary N) is 1. The second-order valence-electron chi connectivity index (χ2n) is 6.51. The second kappa shape index (κ2) is 12.8. The summed E-state index contributed by atoms with van der Waals surface area (Å²) in [6.45, 7) is 1.91. The molecule has 0 unspecified atom stereocenters. The van der Waals surface area contributed by atoms with E-state index >= 15 is 0 Å². The Bertz CT molecular complexity index is 391. The standard InChI is InChI=1S/C19H33NO2.ClH/c1-2-3-4-5-6-8-17-10-12-18(13-11-17)9-7-14-19(20,15-21)16-22;/h10-13,21-22H,2-9,14-16,20H2,1H3;1H. The lowest BCUT2D eigenvalue weighted by atomic mass is 9.94. The smallest absolute Gasteiger partial charge is 0.0633 e. The van der Waals surface area contributed by atoms with Crippen LogP contribution in [-0.4, -0.2) is 29.0 Å². The Morgan fingerprint density at radius 1 is 0.826 bits per heavy atom. The average Bonchev–Trinajstić information content (AvgIpc) is 2.56. The van der Waals surface area contributed by atoms with Gasteiger partial charge in [-0.15, -0.1) is 12.4 Å². The highest BCUT2D eigenvalue weighted by Crippen LogP contribution is 2.14. The minimum Gasteiger partial charge on any atom is -0.394 e. The molecule has 0 fully saturated rings. The van der Waals surface area contributed by atoms with Gasteiger partial charge in [0.25, 0.3) is 0 Å². The van der Waals surface area contributed by atoms with Gasteiger partial charge in [-0.25, -0.2) is 0 Å². The molecule has 1 aromatic carbocycles. The van der Waals surface area contributed by atoms with Gasteiger partial charge in [0.05, 0.1) is 18.8 Å². The number of unbranched alkanes of at least 4 members (excludes halogenated alkanes) is 4. The van der Waals surface area contributed by atoms with Crippen LogP contribution in [0.15, 0.2) is 24.3 Å². The van der Waals surface area contributed by atoms with E-state index in [0.717, 1.165) is 12.8 Å². The Labute approximate surface area is 147 Å². The van der Waals surface area contributed by atoms with Gasteiger partial charge >= 0.3 is 0 Å². The van der Waals surface area contributed by atoms with Crippen molar-refractivity contribution in [1.29, 1.82) is 0 Å². The quantitative estimate of drug-likeness (QED) is 0.508. The highest BCUT2D eigenvalue weighted by atomic mass is 35.5. The van der Waals surface area contributed by atoms with Crippen molar-refractivity contribution < 1.29 is 10.2 Å². The van der Waals surface area contributed by atoms with Gasteiger partial charge in [-0.1, -0.05) is 56.9 Å². The first-order chi connectivity index (χ1) is 10.6. The van der Waals surface area contributed by atoms with Crippen LogP contribution in [0.25, 0.3) is 0 Å². The second-order valence-corrected chi connectivity index (χ2v) is 6.51. The first-order valence-electron chi connectivity index (χ1n) is 8.72. The van der Waals surface area contributed by atoms with Crippen LogP contribution in [0.3, 0.4) is 0 Å². The van der Waals surface area contributed by atoms with Crippen LogP contribution in [0.4, 0.5) is 0 Å². The minimum atomic E-state index is -0.835. The van der Waals surface area contributed by atoms with E-state index < -0.39 is 5.54 Å². The van der Waals surface area contributed by atoms with E-state index in [1.807, 2.05) is 0 Å². The predicted octanol–water partition coefficient (Wildman–Crippen LogP) is 3.63. The van der Waals surface area contributed by atoms with Crippen LogP contribution in [-0.2, 0) is 12.8 Å². The molecule has 0 saturated carbocycles. The maximum Gasteiger partial charge on any atom is 0.0633 e. The monoisotopic (exact) mass is 343 g/mol. The zero-order chi connectivity index (χ0) is 16.3. The third-order valence-electron chi connectivity index (χ3n) is 4.36. The van der Waals surface area contributed by atoms with Crippen molar-refractivity contribution in [2.24, 2.45) is 5.73 Å². The van der Waals surface area contributed by atoms with E-state index in [1.54, 1.807) is 0 Å². The largest absolute Gasteiger partial charge is 0.394 e. The molecular weight excluding hydrogens is 310 g/mol. The summed E-state index contributed by atoms with van der Waals surface area (Å²) in [5.41, 5.74) is 7.75.